The zero-order valence-corrected chi connectivity index (χ0v) is 3.50. The Hall–Kier alpha value is -0.110. The molecule has 1 fully saturated rings. The normalized spacial score (nSPS) is 27.0. The van der Waals surface area contributed by atoms with Crippen molar-refractivity contribution in [2.75, 3.05) is 6.54 Å². The lowest BCUT2D eigenvalue weighted by Crippen LogP contribution is -2.05. The lowest BCUT2D eigenvalue weighted by Gasteiger charge is -1.91. The molecule has 0 heterocycles. The summed E-state index contributed by atoms with van der Waals surface area (Å²) in [4.78, 5) is 0. The average Bonchev–Trinajstić information content (AvgIpc) is 2.22. The molecule has 1 rings (SSSR count). The highest BCUT2D eigenvalue weighted by molar-refractivity contribution is 4.94. The predicted molar refractivity (Wildman–Crippen MR) is 21.0 cm³/mol. The summed E-state index contributed by atoms with van der Waals surface area (Å²) in [6, 6.07) is 0. The SMILES string of the molecule is [NH]CC1(F)CC1. The van der Waals surface area contributed by atoms with Gasteiger partial charge >= 0.3 is 0 Å². The molecule has 2 heteroatoms. The molecule has 1 nitrogen and oxygen atoms in total. The molecule has 0 saturated heterocycles. The van der Waals surface area contributed by atoms with Gasteiger partial charge in [-0.05, 0) is 12.8 Å². The van der Waals surface area contributed by atoms with Crippen LogP contribution in [0.25, 0.3) is 0 Å². The summed E-state index contributed by atoms with van der Waals surface area (Å²) in [7, 11) is 0. The maximum Gasteiger partial charge on any atom is 0.125 e. The molecule has 0 amide bonds. The zero-order valence-electron chi connectivity index (χ0n) is 3.50. The van der Waals surface area contributed by atoms with E-state index >= 15 is 0 Å². The van der Waals surface area contributed by atoms with Crippen LogP contribution in [0.4, 0.5) is 4.39 Å². The van der Waals surface area contributed by atoms with Crippen LogP contribution in [0.15, 0.2) is 0 Å². The molecule has 0 unspecified atom stereocenters. The van der Waals surface area contributed by atoms with E-state index in [9.17, 15) is 4.39 Å². The van der Waals surface area contributed by atoms with Crippen LogP contribution in [0.2, 0.25) is 0 Å². The molecule has 0 aromatic heterocycles. The van der Waals surface area contributed by atoms with Gasteiger partial charge in [0.15, 0.2) is 0 Å². The second kappa shape index (κ2) is 0.936. The highest BCUT2D eigenvalue weighted by Gasteiger charge is 2.41. The molecule has 1 radical (unpaired) electrons. The Morgan fingerprint density at radius 1 is 1.67 bits per heavy atom. The van der Waals surface area contributed by atoms with Crippen LogP contribution >= 0.6 is 0 Å². The van der Waals surface area contributed by atoms with Crippen LogP contribution in [0.1, 0.15) is 12.8 Å². The first kappa shape index (κ1) is 4.06. The second-order valence-corrected chi connectivity index (χ2v) is 1.83. The fourth-order valence-electron chi connectivity index (χ4n) is 0.312. The molecule has 0 atom stereocenters. The van der Waals surface area contributed by atoms with Crippen LogP contribution in [0.3, 0.4) is 0 Å². The Bertz CT molecular complexity index is 58.6. The summed E-state index contributed by atoms with van der Waals surface area (Å²) < 4.78 is 12.0. The van der Waals surface area contributed by atoms with Gasteiger partial charge in [-0.2, -0.15) is 0 Å². The molecule has 0 aliphatic heterocycles. The van der Waals surface area contributed by atoms with Gasteiger partial charge in [0.2, 0.25) is 0 Å². The molecule has 0 aromatic rings. The zero-order chi connectivity index (χ0) is 4.62. The fourth-order valence-corrected chi connectivity index (χ4v) is 0.312. The van der Waals surface area contributed by atoms with Gasteiger partial charge in [-0.1, -0.05) is 0 Å². The van der Waals surface area contributed by atoms with Gasteiger partial charge in [0, 0.05) is 6.54 Å². The summed E-state index contributed by atoms with van der Waals surface area (Å²) in [5.74, 6) is 0. The minimum atomic E-state index is -1.04. The van der Waals surface area contributed by atoms with E-state index in [0.29, 0.717) is 12.8 Å². The number of alkyl halides is 1. The van der Waals surface area contributed by atoms with E-state index in [4.69, 9.17) is 5.73 Å². The third kappa shape index (κ3) is 0.522. The lowest BCUT2D eigenvalue weighted by molar-refractivity contribution is 0.315. The van der Waals surface area contributed by atoms with E-state index < -0.39 is 5.67 Å². The molecule has 1 aliphatic rings. The molecule has 0 spiro atoms. The largest absolute Gasteiger partial charge is 0.255 e. The first-order valence-corrected chi connectivity index (χ1v) is 2.10. The van der Waals surface area contributed by atoms with Gasteiger partial charge in [0.1, 0.15) is 5.67 Å². The molecule has 0 aromatic carbocycles. The highest BCUT2D eigenvalue weighted by atomic mass is 19.1. The van der Waals surface area contributed by atoms with Crippen molar-refractivity contribution < 1.29 is 4.39 Å². The highest BCUT2D eigenvalue weighted by Crippen LogP contribution is 2.38. The Labute approximate surface area is 36.3 Å². The van der Waals surface area contributed by atoms with Gasteiger partial charge in [0.25, 0.3) is 0 Å². The molecule has 6 heavy (non-hydrogen) atoms. The van der Waals surface area contributed by atoms with Crippen LogP contribution in [-0.2, 0) is 0 Å². The molecule has 0 bridgehead atoms. The van der Waals surface area contributed by atoms with Gasteiger partial charge in [-0.25, -0.2) is 4.39 Å². The van der Waals surface area contributed by atoms with Crippen molar-refractivity contribution >= 4 is 0 Å². The number of hydrogen-bond donors (Lipinski definition) is 0. The molecular formula is C4H7FN. The first-order valence-electron chi connectivity index (χ1n) is 2.10. The number of halogens is 1. The fraction of sp³-hybridized carbons (Fsp3) is 1.00. The summed E-state index contributed by atoms with van der Waals surface area (Å²) in [5, 5.41) is 0. The van der Waals surface area contributed by atoms with Gasteiger partial charge in [-0.15, -0.1) is 0 Å². The van der Waals surface area contributed by atoms with E-state index in [-0.39, 0.29) is 6.54 Å². The smallest absolute Gasteiger partial charge is 0.125 e. The van der Waals surface area contributed by atoms with Crippen molar-refractivity contribution in [3.05, 3.63) is 0 Å². The van der Waals surface area contributed by atoms with Crippen LogP contribution < -0.4 is 5.73 Å². The molecule has 1 N–H and O–H groups in total. The number of hydrogen-bond acceptors (Lipinski definition) is 0. The maximum absolute atomic E-state index is 12.0. The van der Waals surface area contributed by atoms with Gasteiger partial charge < -0.3 is 0 Å². The Morgan fingerprint density at radius 2 is 2.17 bits per heavy atom. The Balaban J connectivity index is 2.28. The standard InChI is InChI=1S/C4H7FN/c5-4(3-6)1-2-4/h6H,1-3H2. The Morgan fingerprint density at radius 3 is 2.17 bits per heavy atom. The minimum Gasteiger partial charge on any atom is -0.255 e. The maximum atomic E-state index is 12.0. The summed E-state index contributed by atoms with van der Waals surface area (Å²) in [5.41, 5.74) is 5.50. The lowest BCUT2D eigenvalue weighted by atomic mass is 10.4. The summed E-state index contributed by atoms with van der Waals surface area (Å²) in [6.45, 7) is -0.0347. The molecular weight excluding hydrogens is 81.0 g/mol. The van der Waals surface area contributed by atoms with Crippen molar-refractivity contribution in [3.63, 3.8) is 0 Å². The minimum absolute atomic E-state index is 0.0347. The van der Waals surface area contributed by atoms with E-state index in [0.717, 1.165) is 0 Å². The first-order chi connectivity index (χ1) is 2.77. The number of nitrogens with one attached hydrogen (secondary N) is 1. The van der Waals surface area contributed by atoms with Gasteiger partial charge in [-0.3, -0.25) is 5.73 Å². The topological polar surface area (TPSA) is 23.8 Å². The van der Waals surface area contributed by atoms with Crippen LogP contribution in [0, 0.1) is 0 Å². The van der Waals surface area contributed by atoms with Crippen molar-refractivity contribution in [1.82, 2.24) is 5.73 Å². The van der Waals surface area contributed by atoms with Crippen LogP contribution in [-0.4, -0.2) is 12.2 Å². The van der Waals surface area contributed by atoms with Crippen LogP contribution in [0.5, 0.6) is 0 Å². The Kier molecular flexibility index (Phi) is 0.634. The molecule has 1 saturated carbocycles. The van der Waals surface area contributed by atoms with E-state index in [2.05, 4.69) is 0 Å². The van der Waals surface area contributed by atoms with E-state index in [1.165, 1.54) is 0 Å². The van der Waals surface area contributed by atoms with Gasteiger partial charge in [0.05, 0.1) is 0 Å². The quantitative estimate of drug-likeness (QED) is 0.452. The van der Waals surface area contributed by atoms with Crippen molar-refractivity contribution in [2.24, 2.45) is 0 Å². The molecule has 35 valence electrons. The average molecular weight is 88.1 g/mol. The second-order valence-electron chi connectivity index (χ2n) is 1.83. The van der Waals surface area contributed by atoms with Crippen molar-refractivity contribution in [2.45, 2.75) is 18.5 Å². The monoisotopic (exact) mass is 88.1 g/mol. The predicted octanol–water partition coefficient (Wildman–Crippen LogP) is 0.771. The van der Waals surface area contributed by atoms with E-state index in [1.807, 2.05) is 0 Å². The summed E-state index contributed by atoms with van der Waals surface area (Å²) >= 11 is 0. The van der Waals surface area contributed by atoms with Crippen molar-refractivity contribution in [1.29, 1.82) is 0 Å². The molecule has 1 aliphatic carbocycles. The number of rotatable bonds is 1. The summed E-state index contributed by atoms with van der Waals surface area (Å²) in [6.07, 6.45) is 1.24. The third-order valence-electron chi connectivity index (χ3n) is 1.11. The van der Waals surface area contributed by atoms with Crippen molar-refractivity contribution in [3.8, 4) is 0 Å². The third-order valence-corrected chi connectivity index (χ3v) is 1.11. The van der Waals surface area contributed by atoms with E-state index in [1.54, 1.807) is 0 Å².